The van der Waals surface area contributed by atoms with E-state index >= 15 is 0 Å². The van der Waals surface area contributed by atoms with Gasteiger partial charge in [0.15, 0.2) is 0 Å². The maximum atomic E-state index is 5.00. The summed E-state index contributed by atoms with van der Waals surface area (Å²) in [5, 5.41) is 0. The summed E-state index contributed by atoms with van der Waals surface area (Å²) in [6.07, 6.45) is 1.11. The predicted octanol–water partition coefficient (Wildman–Crippen LogP) is 2.34. The molecule has 0 aliphatic carbocycles. The number of rotatable bonds is 1. The second-order valence-electron chi connectivity index (χ2n) is 4.85. The van der Waals surface area contributed by atoms with Crippen LogP contribution in [0.15, 0.2) is 59.6 Å². The average Bonchev–Trinajstić information content (AvgIpc) is 2.86. The molecule has 0 amide bonds. The van der Waals surface area contributed by atoms with Crippen LogP contribution in [0.4, 0.5) is 5.69 Å². The van der Waals surface area contributed by atoms with Gasteiger partial charge < -0.3 is 0 Å². The van der Waals surface area contributed by atoms with Crippen molar-refractivity contribution in [1.82, 2.24) is 0 Å². The monoisotopic (exact) mass is 314 g/mol. The van der Waals surface area contributed by atoms with E-state index < -0.39 is 0 Å². The standard InChI is InChI=1S/C16H14N2Se/c1-2-6-12(7-3-1)13-10-11-18-14-8-4-5-9-15(14)19-16(18)17-13/h1-9,13H,10-11H2/t13-/m0/s1. The van der Waals surface area contributed by atoms with Crippen molar-refractivity contribution < 1.29 is 0 Å². The third-order valence-corrected chi connectivity index (χ3v) is 5.92. The van der Waals surface area contributed by atoms with E-state index in [0.29, 0.717) is 21.0 Å². The number of para-hydroxylation sites is 1. The number of aliphatic imine (C=N–C) groups is 1. The molecule has 2 aliphatic rings. The number of amidine groups is 1. The van der Waals surface area contributed by atoms with Crippen LogP contribution in [0, 0.1) is 0 Å². The topological polar surface area (TPSA) is 15.6 Å². The van der Waals surface area contributed by atoms with Gasteiger partial charge in [-0.05, 0) is 0 Å². The Morgan fingerprint density at radius 3 is 2.68 bits per heavy atom. The van der Waals surface area contributed by atoms with Crippen molar-refractivity contribution in [1.29, 1.82) is 0 Å². The molecule has 0 saturated heterocycles. The van der Waals surface area contributed by atoms with Crippen LogP contribution in [-0.2, 0) is 0 Å². The number of fused-ring (bicyclic) bond motifs is 3. The van der Waals surface area contributed by atoms with E-state index in [4.69, 9.17) is 4.99 Å². The summed E-state index contributed by atoms with van der Waals surface area (Å²) in [5.74, 6) is 0. The zero-order chi connectivity index (χ0) is 12.7. The summed E-state index contributed by atoms with van der Waals surface area (Å²) in [7, 11) is 0. The number of benzene rings is 2. The fourth-order valence-corrected chi connectivity index (χ4v) is 5.02. The molecule has 94 valence electrons. The van der Waals surface area contributed by atoms with Crippen molar-refractivity contribution in [3.63, 3.8) is 0 Å². The Morgan fingerprint density at radius 2 is 1.79 bits per heavy atom. The molecule has 0 aromatic heterocycles. The van der Waals surface area contributed by atoms with E-state index in [1.807, 2.05) is 0 Å². The third kappa shape index (κ3) is 1.90. The van der Waals surface area contributed by atoms with Crippen LogP contribution in [0.3, 0.4) is 0 Å². The second kappa shape index (κ2) is 4.52. The molecule has 2 heterocycles. The molecule has 2 aromatic carbocycles. The van der Waals surface area contributed by atoms with Crippen LogP contribution >= 0.6 is 0 Å². The summed E-state index contributed by atoms with van der Waals surface area (Å²) in [4.78, 5) is 7.41. The molecule has 0 saturated carbocycles. The summed E-state index contributed by atoms with van der Waals surface area (Å²) >= 11 is 0.379. The number of nitrogens with zero attached hydrogens (tertiary/aromatic N) is 2. The van der Waals surface area contributed by atoms with Crippen LogP contribution in [0.1, 0.15) is 18.0 Å². The van der Waals surface area contributed by atoms with Gasteiger partial charge in [0.1, 0.15) is 0 Å². The summed E-state index contributed by atoms with van der Waals surface area (Å²) in [6, 6.07) is 19.8. The van der Waals surface area contributed by atoms with Gasteiger partial charge in [-0.15, -0.1) is 0 Å². The molecule has 0 N–H and O–H groups in total. The Hall–Kier alpha value is -1.57. The summed E-state index contributed by atoms with van der Waals surface area (Å²) in [6.45, 7) is 1.09. The van der Waals surface area contributed by atoms with E-state index in [-0.39, 0.29) is 0 Å². The van der Waals surface area contributed by atoms with Crippen molar-refractivity contribution in [2.45, 2.75) is 12.5 Å². The number of hydrogen-bond donors (Lipinski definition) is 0. The summed E-state index contributed by atoms with van der Waals surface area (Å²) < 4.78 is 2.77. The Morgan fingerprint density at radius 1 is 1.00 bits per heavy atom. The fraction of sp³-hybridized carbons (Fsp3) is 0.188. The van der Waals surface area contributed by atoms with Gasteiger partial charge in [-0.2, -0.15) is 0 Å². The molecule has 1 atom stereocenters. The van der Waals surface area contributed by atoms with Gasteiger partial charge in [-0.3, -0.25) is 0 Å². The molecule has 4 rings (SSSR count). The number of hydrogen-bond acceptors (Lipinski definition) is 2. The van der Waals surface area contributed by atoms with Crippen molar-refractivity contribution in [3.05, 3.63) is 60.2 Å². The molecule has 0 spiro atoms. The average molecular weight is 313 g/mol. The van der Waals surface area contributed by atoms with Crippen molar-refractivity contribution >= 4 is 29.8 Å². The van der Waals surface area contributed by atoms with Crippen LogP contribution in [0.25, 0.3) is 0 Å². The molecule has 0 radical (unpaired) electrons. The molecule has 0 bridgehead atoms. The van der Waals surface area contributed by atoms with E-state index in [1.54, 1.807) is 0 Å². The minimum atomic E-state index is 0.351. The Labute approximate surface area is 119 Å². The van der Waals surface area contributed by atoms with Gasteiger partial charge in [-0.25, -0.2) is 0 Å². The molecule has 0 fully saturated rings. The Balaban J connectivity index is 1.69. The Kier molecular flexibility index (Phi) is 2.68. The number of anilines is 1. The molecule has 2 nitrogen and oxygen atoms in total. The van der Waals surface area contributed by atoms with E-state index in [0.717, 1.165) is 13.0 Å². The SMILES string of the molecule is c1ccc([C@@H]2CCN3C(=N2)[Se]c2ccccc23)cc1. The first-order valence-electron chi connectivity index (χ1n) is 6.59. The zero-order valence-electron chi connectivity index (χ0n) is 10.5. The van der Waals surface area contributed by atoms with Crippen LogP contribution in [0.5, 0.6) is 0 Å². The van der Waals surface area contributed by atoms with Crippen LogP contribution in [0.2, 0.25) is 0 Å². The van der Waals surface area contributed by atoms with Crippen molar-refractivity contribution in [3.8, 4) is 0 Å². The quantitative estimate of drug-likeness (QED) is 0.738. The molecule has 0 unspecified atom stereocenters. The predicted molar refractivity (Wildman–Crippen MR) is 80.4 cm³/mol. The molecule has 2 aromatic rings. The molecule has 3 heteroatoms. The van der Waals surface area contributed by atoms with Gasteiger partial charge in [0, 0.05) is 0 Å². The summed E-state index contributed by atoms with van der Waals surface area (Å²) in [5.41, 5.74) is 2.73. The first-order chi connectivity index (χ1) is 9.42. The molecule has 2 aliphatic heterocycles. The maximum absolute atomic E-state index is 5.00. The second-order valence-corrected chi connectivity index (χ2v) is 6.97. The van der Waals surface area contributed by atoms with E-state index in [1.165, 1.54) is 20.4 Å². The van der Waals surface area contributed by atoms with E-state index in [9.17, 15) is 0 Å². The normalized spacial score (nSPS) is 20.7. The van der Waals surface area contributed by atoms with Gasteiger partial charge in [0.25, 0.3) is 0 Å². The zero-order valence-corrected chi connectivity index (χ0v) is 12.2. The van der Waals surface area contributed by atoms with Gasteiger partial charge in [-0.1, -0.05) is 0 Å². The van der Waals surface area contributed by atoms with Gasteiger partial charge >= 0.3 is 119 Å². The molecular formula is C16H14N2Se. The van der Waals surface area contributed by atoms with Gasteiger partial charge in [0.05, 0.1) is 0 Å². The molecule has 19 heavy (non-hydrogen) atoms. The fourth-order valence-electron chi connectivity index (χ4n) is 2.70. The van der Waals surface area contributed by atoms with Crippen molar-refractivity contribution in [2.75, 3.05) is 11.4 Å². The van der Waals surface area contributed by atoms with Crippen molar-refractivity contribution in [2.24, 2.45) is 4.99 Å². The van der Waals surface area contributed by atoms with E-state index in [2.05, 4.69) is 59.5 Å². The minimum absolute atomic E-state index is 0.351. The first-order valence-corrected chi connectivity index (χ1v) is 8.30. The Bertz CT molecular complexity index is 636. The van der Waals surface area contributed by atoms with Crippen LogP contribution < -0.4 is 9.36 Å². The van der Waals surface area contributed by atoms with Crippen LogP contribution in [-0.4, -0.2) is 26.2 Å². The van der Waals surface area contributed by atoms with Gasteiger partial charge in [0.2, 0.25) is 0 Å². The first kappa shape index (κ1) is 11.3. The molecular weight excluding hydrogens is 299 g/mol. The third-order valence-electron chi connectivity index (χ3n) is 3.66.